The van der Waals surface area contributed by atoms with Gasteiger partial charge >= 0.3 is 5.97 Å². The highest BCUT2D eigenvalue weighted by Crippen LogP contribution is 2.29. The maximum atomic E-state index is 13.0. The first-order chi connectivity index (χ1) is 13.9. The van der Waals surface area contributed by atoms with Gasteiger partial charge in [0.25, 0.3) is 0 Å². The molecule has 3 aromatic rings. The third-order valence-corrected chi connectivity index (χ3v) is 4.52. The molecule has 3 aromatic carbocycles. The van der Waals surface area contributed by atoms with Crippen LogP contribution in [0.4, 0.5) is 15.8 Å². The van der Waals surface area contributed by atoms with E-state index in [2.05, 4.69) is 5.32 Å². The number of carbonyl (C=O) groups excluding carboxylic acids is 2. The van der Waals surface area contributed by atoms with Crippen molar-refractivity contribution in [1.82, 2.24) is 0 Å². The van der Waals surface area contributed by atoms with Crippen LogP contribution in [0.5, 0.6) is 5.75 Å². The van der Waals surface area contributed by atoms with Gasteiger partial charge in [-0.2, -0.15) is 0 Å². The van der Waals surface area contributed by atoms with Gasteiger partial charge in [-0.3, -0.25) is 4.79 Å². The van der Waals surface area contributed by atoms with Crippen molar-refractivity contribution >= 4 is 34.7 Å². The number of benzene rings is 3. The third-order valence-electron chi connectivity index (χ3n) is 4.21. The summed E-state index contributed by atoms with van der Waals surface area (Å²) in [5.74, 6) is -0.984. The molecule has 0 saturated carbocycles. The molecule has 0 spiro atoms. The number of ether oxygens (including phenoxy) is 2. The fourth-order valence-electron chi connectivity index (χ4n) is 2.75. The standard InChI is InChI=1S/C22H17ClFNO4/c1-28-20-10-3-13(22(27)29-2)11-18(20)21(26)17-9-8-16(12-19(17)23)25-15-6-4-14(24)5-7-15/h3-12,25H,1-2H3. The molecule has 5 nitrogen and oxygen atoms in total. The normalized spacial score (nSPS) is 10.3. The highest BCUT2D eigenvalue weighted by atomic mass is 35.5. The summed E-state index contributed by atoms with van der Waals surface area (Å²) >= 11 is 6.34. The van der Waals surface area contributed by atoms with Gasteiger partial charge in [0, 0.05) is 16.9 Å². The Bertz CT molecular complexity index is 1070. The smallest absolute Gasteiger partial charge is 0.337 e. The minimum atomic E-state index is -0.563. The molecule has 7 heteroatoms. The molecule has 0 radical (unpaired) electrons. The van der Waals surface area contributed by atoms with E-state index in [1.807, 2.05) is 0 Å². The number of methoxy groups -OCH3 is 2. The molecular weight excluding hydrogens is 397 g/mol. The molecule has 0 heterocycles. The quantitative estimate of drug-likeness (QED) is 0.441. The van der Waals surface area contributed by atoms with E-state index in [-0.39, 0.29) is 27.5 Å². The number of carbonyl (C=O) groups is 2. The molecule has 148 valence electrons. The lowest BCUT2D eigenvalue weighted by molar-refractivity contribution is 0.0600. The van der Waals surface area contributed by atoms with E-state index < -0.39 is 11.8 Å². The van der Waals surface area contributed by atoms with Crippen LogP contribution in [0.15, 0.2) is 60.7 Å². The van der Waals surface area contributed by atoms with Gasteiger partial charge in [-0.05, 0) is 60.7 Å². The fourth-order valence-corrected chi connectivity index (χ4v) is 3.02. The van der Waals surface area contributed by atoms with Gasteiger partial charge in [0.1, 0.15) is 11.6 Å². The lowest BCUT2D eigenvalue weighted by atomic mass is 9.99. The van der Waals surface area contributed by atoms with Crippen LogP contribution < -0.4 is 10.1 Å². The van der Waals surface area contributed by atoms with Crippen LogP contribution in [0.3, 0.4) is 0 Å². The molecular formula is C22H17ClFNO4. The number of esters is 1. The summed E-state index contributed by atoms with van der Waals surface area (Å²) < 4.78 is 23.0. The number of nitrogens with one attached hydrogen (secondary N) is 1. The summed E-state index contributed by atoms with van der Waals surface area (Å²) in [4.78, 5) is 24.8. The minimum absolute atomic E-state index is 0.191. The lowest BCUT2D eigenvalue weighted by Crippen LogP contribution is -2.08. The van der Waals surface area contributed by atoms with Gasteiger partial charge < -0.3 is 14.8 Å². The minimum Gasteiger partial charge on any atom is -0.496 e. The number of anilines is 2. The topological polar surface area (TPSA) is 64.6 Å². The monoisotopic (exact) mass is 413 g/mol. The van der Waals surface area contributed by atoms with Crippen molar-refractivity contribution < 1.29 is 23.5 Å². The van der Waals surface area contributed by atoms with Crippen molar-refractivity contribution in [2.45, 2.75) is 0 Å². The van der Waals surface area contributed by atoms with E-state index in [0.29, 0.717) is 17.1 Å². The molecule has 0 atom stereocenters. The maximum Gasteiger partial charge on any atom is 0.337 e. The second-order valence-electron chi connectivity index (χ2n) is 6.06. The number of hydrogen-bond acceptors (Lipinski definition) is 5. The molecule has 0 aliphatic carbocycles. The molecule has 0 saturated heterocycles. The third kappa shape index (κ3) is 4.55. The first-order valence-corrected chi connectivity index (χ1v) is 8.94. The molecule has 0 aliphatic rings. The van der Waals surface area contributed by atoms with Crippen molar-refractivity contribution in [3.63, 3.8) is 0 Å². The number of ketones is 1. The van der Waals surface area contributed by atoms with Crippen LogP contribution in [0, 0.1) is 5.82 Å². The highest BCUT2D eigenvalue weighted by molar-refractivity contribution is 6.35. The number of rotatable bonds is 6. The summed E-state index contributed by atoms with van der Waals surface area (Å²) in [5.41, 5.74) is 1.97. The van der Waals surface area contributed by atoms with E-state index in [9.17, 15) is 14.0 Å². The van der Waals surface area contributed by atoms with Crippen LogP contribution in [0.25, 0.3) is 0 Å². The largest absolute Gasteiger partial charge is 0.496 e. The van der Waals surface area contributed by atoms with E-state index in [1.54, 1.807) is 30.3 Å². The van der Waals surface area contributed by atoms with E-state index >= 15 is 0 Å². The Kier molecular flexibility index (Phi) is 6.14. The Hall–Kier alpha value is -3.38. The Balaban J connectivity index is 1.91. The molecule has 0 amide bonds. The van der Waals surface area contributed by atoms with Gasteiger partial charge in [-0.25, -0.2) is 9.18 Å². The molecule has 3 rings (SSSR count). The summed E-state index contributed by atoms with van der Waals surface area (Å²) in [6, 6.07) is 15.1. The average molecular weight is 414 g/mol. The van der Waals surface area contributed by atoms with Crippen LogP contribution in [0.1, 0.15) is 26.3 Å². The second-order valence-corrected chi connectivity index (χ2v) is 6.47. The fraction of sp³-hybridized carbons (Fsp3) is 0.0909. The van der Waals surface area contributed by atoms with Crippen molar-refractivity contribution in [2.24, 2.45) is 0 Å². The summed E-state index contributed by atoms with van der Waals surface area (Å²) in [5, 5.41) is 3.30. The van der Waals surface area contributed by atoms with Crippen LogP contribution in [-0.4, -0.2) is 26.0 Å². The molecule has 0 aromatic heterocycles. The predicted molar refractivity (Wildman–Crippen MR) is 109 cm³/mol. The van der Waals surface area contributed by atoms with E-state index in [0.717, 1.165) is 0 Å². The summed E-state index contributed by atoms with van der Waals surface area (Å²) in [7, 11) is 2.69. The lowest BCUT2D eigenvalue weighted by Gasteiger charge is -2.12. The Labute approximate surface area is 172 Å². The van der Waals surface area contributed by atoms with Crippen LogP contribution in [-0.2, 0) is 4.74 Å². The zero-order chi connectivity index (χ0) is 21.0. The van der Waals surface area contributed by atoms with E-state index in [1.165, 1.54) is 44.6 Å². The Morgan fingerprint density at radius 2 is 1.59 bits per heavy atom. The van der Waals surface area contributed by atoms with Gasteiger partial charge in [-0.15, -0.1) is 0 Å². The van der Waals surface area contributed by atoms with Crippen LogP contribution >= 0.6 is 11.6 Å². The summed E-state index contributed by atoms with van der Waals surface area (Å²) in [6.45, 7) is 0. The molecule has 0 aliphatic heterocycles. The van der Waals surface area contributed by atoms with Crippen molar-refractivity contribution in [3.05, 3.63) is 88.2 Å². The van der Waals surface area contributed by atoms with Crippen molar-refractivity contribution in [3.8, 4) is 5.75 Å². The van der Waals surface area contributed by atoms with Gasteiger partial charge in [0.15, 0.2) is 5.78 Å². The van der Waals surface area contributed by atoms with Crippen molar-refractivity contribution in [1.29, 1.82) is 0 Å². The predicted octanol–water partition coefficient (Wildman–Crippen LogP) is 5.25. The zero-order valence-electron chi connectivity index (χ0n) is 15.7. The van der Waals surface area contributed by atoms with E-state index in [4.69, 9.17) is 21.1 Å². The summed E-state index contributed by atoms with van der Waals surface area (Å²) in [6.07, 6.45) is 0. The molecule has 29 heavy (non-hydrogen) atoms. The first kappa shape index (κ1) is 20.4. The van der Waals surface area contributed by atoms with Gasteiger partial charge in [0.05, 0.1) is 30.4 Å². The van der Waals surface area contributed by atoms with Crippen LogP contribution in [0.2, 0.25) is 5.02 Å². The molecule has 0 unspecified atom stereocenters. The van der Waals surface area contributed by atoms with Crippen molar-refractivity contribution in [2.75, 3.05) is 19.5 Å². The molecule has 0 fully saturated rings. The number of hydrogen-bond donors (Lipinski definition) is 1. The first-order valence-electron chi connectivity index (χ1n) is 8.56. The van der Waals surface area contributed by atoms with Gasteiger partial charge in [-0.1, -0.05) is 11.6 Å². The molecule has 1 N–H and O–H groups in total. The Morgan fingerprint density at radius 1 is 0.897 bits per heavy atom. The zero-order valence-corrected chi connectivity index (χ0v) is 16.4. The highest BCUT2D eigenvalue weighted by Gasteiger charge is 2.20. The Morgan fingerprint density at radius 3 is 2.21 bits per heavy atom. The SMILES string of the molecule is COC(=O)c1ccc(OC)c(C(=O)c2ccc(Nc3ccc(F)cc3)cc2Cl)c1. The second kappa shape index (κ2) is 8.75. The number of halogens is 2. The molecule has 0 bridgehead atoms. The van der Waals surface area contributed by atoms with Gasteiger partial charge in [0.2, 0.25) is 0 Å². The maximum absolute atomic E-state index is 13.0. The average Bonchev–Trinajstić information content (AvgIpc) is 2.74.